The first kappa shape index (κ1) is 17.2. The summed E-state index contributed by atoms with van der Waals surface area (Å²) in [7, 11) is 2.32. The molecule has 2 rings (SSSR count). The Morgan fingerprint density at radius 3 is 2.18 bits per heavy atom. The van der Waals surface area contributed by atoms with E-state index in [0.717, 1.165) is 25.9 Å². The van der Waals surface area contributed by atoms with Gasteiger partial charge in [-0.15, -0.1) is 0 Å². The summed E-state index contributed by atoms with van der Waals surface area (Å²) < 4.78 is 5.03. The zero-order chi connectivity index (χ0) is 15.8. The number of hydrogen-bond donors (Lipinski definition) is 0. The Morgan fingerprint density at radius 1 is 0.909 bits per heavy atom. The molecule has 2 aromatic carbocycles. The predicted octanol–water partition coefficient (Wildman–Crippen LogP) is 5.68. The van der Waals surface area contributed by atoms with E-state index in [9.17, 15) is 0 Å². The van der Waals surface area contributed by atoms with Gasteiger partial charge in [0.1, 0.15) is 0 Å². The van der Waals surface area contributed by atoms with Gasteiger partial charge in [-0.25, -0.2) is 0 Å². The predicted molar refractivity (Wildman–Crippen MR) is 99.0 cm³/mol. The molecule has 0 fully saturated rings. The quantitative estimate of drug-likeness (QED) is 0.450. The molecule has 0 N–H and O–H groups in total. The van der Waals surface area contributed by atoms with Crippen molar-refractivity contribution >= 4 is 9.47 Å². The van der Waals surface area contributed by atoms with Crippen molar-refractivity contribution < 1.29 is 4.52 Å². The summed E-state index contributed by atoms with van der Waals surface area (Å²) in [4.78, 5) is 0. The third-order valence-corrected chi connectivity index (χ3v) is 4.04. The standard InChI is InChI=1S/C20H27OP/c1-16(2)13-18-9-6-11-20(15-18)19-10-5-8-17(14-19)7-3-4-12-21-22/h5-6,8-11,14-16H,3-4,7,12-13,22H2,1-2H3. The van der Waals surface area contributed by atoms with Crippen LogP contribution in [0.2, 0.25) is 0 Å². The lowest BCUT2D eigenvalue weighted by atomic mass is 9.96. The zero-order valence-corrected chi connectivity index (χ0v) is 14.9. The van der Waals surface area contributed by atoms with Gasteiger partial charge in [-0.3, -0.25) is 0 Å². The number of unbranched alkanes of at least 4 members (excludes halogenated alkanes) is 1. The summed E-state index contributed by atoms with van der Waals surface area (Å²) >= 11 is 0. The number of rotatable bonds is 8. The largest absolute Gasteiger partial charge is 0.366 e. The molecule has 0 aromatic heterocycles. The molecule has 0 aliphatic rings. The molecule has 0 saturated carbocycles. The third kappa shape index (κ3) is 5.55. The Morgan fingerprint density at radius 2 is 1.55 bits per heavy atom. The highest BCUT2D eigenvalue weighted by molar-refractivity contribution is 7.09. The van der Waals surface area contributed by atoms with Gasteiger partial charge in [-0.05, 0) is 53.9 Å². The van der Waals surface area contributed by atoms with Gasteiger partial charge in [0.2, 0.25) is 0 Å². The van der Waals surface area contributed by atoms with Gasteiger partial charge in [0.25, 0.3) is 0 Å². The summed E-state index contributed by atoms with van der Waals surface area (Å²) in [5, 5.41) is 0. The van der Waals surface area contributed by atoms with Gasteiger partial charge in [-0.1, -0.05) is 62.4 Å². The van der Waals surface area contributed by atoms with Crippen molar-refractivity contribution in [2.45, 2.75) is 39.5 Å². The minimum Gasteiger partial charge on any atom is -0.366 e. The van der Waals surface area contributed by atoms with Crippen LogP contribution in [0.1, 0.15) is 37.8 Å². The van der Waals surface area contributed by atoms with Crippen LogP contribution in [0.4, 0.5) is 0 Å². The third-order valence-electron chi connectivity index (χ3n) is 3.81. The number of benzene rings is 2. The van der Waals surface area contributed by atoms with E-state index in [1.807, 2.05) is 0 Å². The summed E-state index contributed by atoms with van der Waals surface area (Å²) in [6.45, 7) is 5.36. The van der Waals surface area contributed by atoms with Crippen LogP contribution >= 0.6 is 9.47 Å². The van der Waals surface area contributed by atoms with E-state index < -0.39 is 0 Å². The van der Waals surface area contributed by atoms with E-state index in [-0.39, 0.29) is 0 Å². The molecule has 0 bridgehead atoms. The molecule has 1 unspecified atom stereocenters. The monoisotopic (exact) mass is 314 g/mol. The van der Waals surface area contributed by atoms with Crippen molar-refractivity contribution in [3.63, 3.8) is 0 Å². The topological polar surface area (TPSA) is 9.23 Å². The van der Waals surface area contributed by atoms with Crippen molar-refractivity contribution in [2.75, 3.05) is 6.61 Å². The van der Waals surface area contributed by atoms with Gasteiger partial charge < -0.3 is 4.52 Å². The minimum atomic E-state index is 0.695. The molecule has 22 heavy (non-hydrogen) atoms. The van der Waals surface area contributed by atoms with Crippen molar-refractivity contribution in [3.8, 4) is 11.1 Å². The molecule has 0 spiro atoms. The fourth-order valence-corrected chi connectivity index (χ4v) is 2.94. The zero-order valence-electron chi connectivity index (χ0n) is 13.7. The van der Waals surface area contributed by atoms with Crippen molar-refractivity contribution in [3.05, 3.63) is 59.7 Å². The number of hydrogen-bond acceptors (Lipinski definition) is 1. The summed E-state index contributed by atoms with van der Waals surface area (Å²) in [5.41, 5.74) is 5.49. The van der Waals surface area contributed by atoms with Crippen LogP contribution < -0.4 is 0 Å². The average molecular weight is 314 g/mol. The van der Waals surface area contributed by atoms with Gasteiger partial charge in [0.05, 0.1) is 6.61 Å². The van der Waals surface area contributed by atoms with E-state index in [4.69, 9.17) is 4.52 Å². The second-order valence-corrected chi connectivity index (χ2v) is 6.66. The molecule has 118 valence electrons. The lowest BCUT2D eigenvalue weighted by Crippen LogP contribution is -1.94. The Labute approximate surface area is 137 Å². The average Bonchev–Trinajstić information content (AvgIpc) is 2.52. The normalized spacial score (nSPS) is 11.1. The molecule has 0 aliphatic heterocycles. The molecule has 1 atom stereocenters. The first-order chi connectivity index (χ1) is 10.7. The first-order valence-corrected chi connectivity index (χ1v) is 8.66. The summed E-state index contributed by atoms with van der Waals surface area (Å²) in [5.74, 6) is 0.695. The molecule has 0 heterocycles. The Balaban J connectivity index is 2.08. The van der Waals surface area contributed by atoms with E-state index in [2.05, 4.69) is 71.8 Å². The van der Waals surface area contributed by atoms with Gasteiger partial charge in [0, 0.05) is 9.47 Å². The molecular weight excluding hydrogens is 287 g/mol. The highest BCUT2D eigenvalue weighted by Gasteiger charge is 2.03. The Bertz CT molecular complexity index is 577. The maximum atomic E-state index is 5.03. The lowest BCUT2D eigenvalue weighted by molar-refractivity contribution is 0.357. The van der Waals surface area contributed by atoms with E-state index in [1.165, 1.54) is 28.7 Å². The van der Waals surface area contributed by atoms with Crippen LogP contribution in [-0.4, -0.2) is 6.61 Å². The van der Waals surface area contributed by atoms with Gasteiger partial charge in [0.15, 0.2) is 0 Å². The molecule has 0 saturated heterocycles. The van der Waals surface area contributed by atoms with Crippen LogP contribution in [0, 0.1) is 5.92 Å². The fraction of sp³-hybridized carbons (Fsp3) is 0.400. The highest BCUT2D eigenvalue weighted by Crippen LogP contribution is 2.23. The van der Waals surface area contributed by atoms with Crippen LogP contribution in [0.5, 0.6) is 0 Å². The second kappa shape index (κ2) is 9.08. The van der Waals surface area contributed by atoms with Gasteiger partial charge in [-0.2, -0.15) is 0 Å². The van der Waals surface area contributed by atoms with E-state index >= 15 is 0 Å². The number of aryl methyl sites for hydroxylation is 1. The lowest BCUT2D eigenvalue weighted by Gasteiger charge is -2.09. The maximum Gasteiger partial charge on any atom is 0.0502 e. The van der Waals surface area contributed by atoms with E-state index in [0.29, 0.717) is 5.92 Å². The van der Waals surface area contributed by atoms with Crippen molar-refractivity contribution in [1.29, 1.82) is 0 Å². The molecule has 0 radical (unpaired) electrons. The van der Waals surface area contributed by atoms with Crippen LogP contribution in [-0.2, 0) is 17.4 Å². The second-order valence-electron chi connectivity index (χ2n) is 6.33. The van der Waals surface area contributed by atoms with Crippen molar-refractivity contribution in [2.24, 2.45) is 5.92 Å². The first-order valence-electron chi connectivity index (χ1n) is 8.19. The highest BCUT2D eigenvalue weighted by atomic mass is 31.0. The molecule has 2 aromatic rings. The van der Waals surface area contributed by atoms with Crippen LogP contribution in [0.15, 0.2) is 48.5 Å². The maximum absolute atomic E-state index is 5.03. The van der Waals surface area contributed by atoms with E-state index in [1.54, 1.807) is 0 Å². The molecule has 2 heteroatoms. The van der Waals surface area contributed by atoms with Crippen molar-refractivity contribution in [1.82, 2.24) is 0 Å². The van der Waals surface area contributed by atoms with Crippen LogP contribution in [0.3, 0.4) is 0 Å². The molecule has 1 nitrogen and oxygen atoms in total. The van der Waals surface area contributed by atoms with Gasteiger partial charge >= 0.3 is 0 Å². The smallest absolute Gasteiger partial charge is 0.0502 e. The fourth-order valence-electron chi connectivity index (χ4n) is 2.77. The Kier molecular flexibility index (Phi) is 7.09. The molecular formula is C20H27OP. The summed E-state index contributed by atoms with van der Waals surface area (Å²) in [6.07, 6.45) is 4.54. The molecule has 0 aliphatic carbocycles. The summed E-state index contributed by atoms with van der Waals surface area (Å²) in [6, 6.07) is 17.9. The minimum absolute atomic E-state index is 0.695. The van der Waals surface area contributed by atoms with Crippen LogP contribution in [0.25, 0.3) is 11.1 Å². The molecule has 0 amide bonds. The SMILES string of the molecule is CC(C)Cc1cccc(-c2cccc(CCCCOP)c2)c1. The Hall–Kier alpha value is -1.17.